The number of aromatic amines is 1. The van der Waals surface area contributed by atoms with E-state index < -0.39 is 18.6 Å². The third-order valence-electron chi connectivity index (χ3n) is 1.78. The number of carbonyl (C=O) groups excluding carboxylic acids is 1. The van der Waals surface area contributed by atoms with Crippen molar-refractivity contribution in [3.05, 3.63) is 20.3 Å². The van der Waals surface area contributed by atoms with E-state index in [1.807, 2.05) is 0 Å². The monoisotopic (exact) mass is 339 g/mol. The summed E-state index contributed by atoms with van der Waals surface area (Å²) in [5, 5.41) is 11.6. The summed E-state index contributed by atoms with van der Waals surface area (Å²) in [6, 6.07) is -0.937. The van der Waals surface area contributed by atoms with Gasteiger partial charge in [-0.2, -0.15) is 0 Å². The van der Waals surface area contributed by atoms with Crippen LogP contribution in [0.1, 0.15) is 0 Å². The van der Waals surface area contributed by atoms with Crippen LogP contribution in [0.25, 0.3) is 0 Å². The summed E-state index contributed by atoms with van der Waals surface area (Å²) in [6.45, 7) is -0.447. The molecule has 7 nitrogen and oxygen atoms in total. The first kappa shape index (κ1) is 12.9. The number of carbonyl (C=O) groups is 1. The lowest BCUT2D eigenvalue weighted by Crippen LogP contribution is -2.35. The van der Waals surface area contributed by atoms with Gasteiger partial charge in [0.2, 0.25) is 0 Å². The fraction of sp³-hybridized carbons (Fsp3) is 0.375. The Bertz CT molecular complexity index is 434. The molecule has 1 heterocycles. The van der Waals surface area contributed by atoms with E-state index in [9.17, 15) is 9.59 Å². The van der Waals surface area contributed by atoms with E-state index in [1.54, 1.807) is 22.6 Å². The third kappa shape index (κ3) is 2.92. The maximum absolute atomic E-state index is 11.2. The molecule has 0 amide bonds. The number of nitrogens with zero attached hydrogens (tertiary/aromatic N) is 1. The molecule has 0 saturated heterocycles. The minimum Gasteiger partial charge on any atom is -0.467 e. The average molecular weight is 339 g/mol. The number of rotatable bonds is 4. The number of esters is 1. The van der Waals surface area contributed by atoms with Crippen molar-refractivity contribution in [2.75, 3.05) is 19.0 Å². The number of H-pyrrole nitrogens is 1. The van der Waals surface area contributed by atoms with Gasteiger partial charge in [0.1, 0.15) is 15.4 Å². The van der Waals surface area contributed by atoms with Crippen LogP contribution in [-0.4, -0.2) is 40.8 Å². The maximum Gasteiger partial charge on any atom is 0.330 e. The van der Waals surface area contributed by atoms with Crippen molar-refractivity contribution in [2.24, 2.45) is 0 Å². The number of aliphatic hydroxyl groups is 1. The average Bonchev–Trinajstić information content (AvgIpc) is 2.30. The topological polar surface area (TPSA) is 104 Å². The van der Waals surface area contributed by atoms with Crippen LogP contribution < -0.4 is 10.9 Å². The van der Waals surface area contributed by atoms with E-state index in [1.165, 1.54) is 13.4 Å². The molecule has 1 aromatic rings. The van der Waals surface area contributed by atoms with Crippen LogP contribution in [0.4, 0.5) is 5.82 Å². The number of hydrogen-bond donors (Lipinski definition) is 3. The van der Waals surface area contributed by atoms with Crippen molar-refractivity contribution in [1.82, 2.24) is 9.97 Å². The second-order valence-electron chi connectivity index (χ2n) is 2.80. The van der Waals surface area contributed by atoms with Crippen LogP contribution in [-0.2, 0) is 9.53 Å². The predicted molar refractivity (Wildman–Crippen MR) is 64.1 cm³/mol. The van der Waals surface area contributed by atoms with Crippen LogP contribution in [0.3, 0.4) is 0 Å². The highest BCUT2D eigenvalue weighted by Crippen LogP contribution is 2.10. The summed E-state index contributed by atoms with van der Waals surface area (Å²) in [5.74, 6) is -0.394. The zero-order valence-electron chi connectivity index (χ0n) is 8.36. The molecule has 0 bridgehead atoms. The Morgan fingerprint density at radius 2 is 2.50 bits per heavy atom. The Morgan fingerprint density at radius 1 is 1.81 bits per heavy atom. The number of hydrogen-bond acceptors (Lipinski definition) is 6. The van der Waals surface area contributed by atoms with E-state index in [0.717, 1.165) is 0 Å². The molecule has 16 heavy (non-hydrogen) atoms. The molecule has 0 aliphatic rings. The van der Waals surface area contributed by atoms with E-state index in [4.69, 9.17) is 5.11 Å². The largest absolute Gasteiger partial charge is 0.467 e. The Kier molecular flexibility index (Phi) is 4.68. The summed E-state index contributed by atoms with van der Waals surface area (Å²) >= 11 is 1.79. The first-order chi connectivity index (χ1) is 7.60. The summed E-state index contributed by atoms with van der Waals surface area (Å²) < 4.78 is 4.78. The molecule has 1 atom stereocenters. The lowest BCUT2D eigenvalue weighted by molar-refractivity contribution is -0.142. The van der Waals surface area contributed by atoms with Gasteiger partial charge < -0.3 is 20.1 Å². The van der Waals surface area contributed by atoms with Crippen molar-refractivity contribution in [1.29, 1.82) is 0 Å². The highest BCUT2D eigenvalue weighted by atomic mass is 127. The fourth-order valence-electron chi connectivity index (χ4n) is 0.970. The minimum atomic E-state index is -0.937. The summed E-state index contributed by atoms with van der Waals surface area (Å²) in [7, 11) is 1.21. The zero-order valence-corrected chi connectivity index (χ0v) is 10.5. The second-order valence-corrected chi connectivity index (χ2v) is 3.88. The van der Waals surface area contributed by atoms with Gasteiger partial charge in [0.25, 0.3) is 5.56 Å². The second kappa shape index (κ2) is 5.80. The first-order valence-electron chi connectivity index (χ1n) is 4.28. The molecule has 1 rings (SSSR count). The van der Waals surface area contributed by atoms with Gasteiger partial charge in [-0.1, -0.05) is 0 Å². The van der Waals surface area contributed by atoms with Crippen molar-refractivity contribution in [3.8, 4) is 0 Å². The predicted octanol–water partition coefficient (Wildman–Crippen LogP) is -0.680. The molecular weight excluding hydrogens is 329 g/mol. The third-order valence-corrected chi connectivity index (χ3v) is 2.78. The quantitative estimate of drug-likeness (QED) is 0.496. The number of ether oxygens (including phenoxy) is 1. The van der Waals surface area contributed by atoms with Gasteiger partial charge in [0.05, 0.1) is 20.0 Å². The van der Waals surface area contributed by atoms with Crippen LogP contribution in [0, 0.1) is 3.57 Å². The number of halogens is 1. The van der Waals surface area contributed by atoms with Gasteiger partial charge >= 0.3 is 5.97 Å². The van der Waals surface area contributed by atoms with Crippen molar-refractivity contribution < 1.29 is 14.6 Å². The molecule has 0 fully saturated rings. The fourth-order valence-corrected chi connectivity index (χ4v) is 1.42. The van der Waals surface area contributed by atoms with E-state index >= 15 is 0 Å². The lowest BCUT2D eigenvalue weighted by Gasteiger charge is -2.14. The summed E-state index contributed by atoms with van der Waals surface area (Å²) in [6.07, 6.45) is 1.21. The molecular formula is C8H10IN3O4. The highest BCUT2D eigenvalue weighted by Gasteiger charge is 2.19. The number of methoxy groups -OCH3 is 1. The maximum atomic E-state index is 11.2. The lowest BCUT2D eigenvalue weighted by atomic mass is 10.3. The molecule has 1 aromatic heterocycles. The molecule has 0 spiro atoms. The molecule has 0 saturated carbocycles. The number of anilines is 1. The molecule has 0 aliphatic heterocycles. The SMILES string of the molecule is COC(=O)C(CO)Nc1nc[nH]c(=O)c1I. The molecule has 0 aliphatic carbocycles. The van der Waals surface area contributed by atoms with Crippen molar-refractivity contribution in [2.45, 2.75) is 6.04 Å². The van der Waals surface area contributed by atoms with Crippen LogP contribution >= 0.6 is 22.6 Å². The molecule has 1 unspecified atom stereocenters. The Balaban J connectivity index is 2.90. The molecule has 8 heteroatoms. The molecule has 3 N–H and O–H groups in total. The standard InChI is InChI=1S/C8H10IN3O4/c1-16-8(15)4(2-13)12-6-5(9)7(14)11-3-10-6/h3-4,13H,2H2,1H3,(H2,10,11,12,14). The smallest absolute Gasteiger partial charge is 0.330 e. The zero-order chi connectivity index (χ0) is 12.1. The van der Waals surface area contributed by atoms with Crippen LogP contribution in [0.2, 0.25) is 0 Å². The van der Waals surface area contributed by atoms with Gasteiger partial charge in [-0.15, -0.1) is 0 Å². The first-order valence-corrected chi connectivity index (χ1v) is 5.36. The summed E-state index contributed by atoms with van der Waals surface area (Å²) in [5.41, 5.74) is -0.320. The molecule has 0 radical (unpaired) electrons. The van der Waals surface area contributed by atoms with Gasteiger partial charge in [0.15, 0.2) is 0 Å². The number of aromatic nitrogens is 2. The van der Waals surface area contributed by atoms with Gasteiger partial charge in [-0.25, -0.2) is 9.78 Å². The van der Waals surface area contributed by atoms with Crippen molar-refractivity contribution in [3.63, 3.8) is 0 Å². The number of aliphatic hydroxyl groups excluding tert-OH is 1. The molecule has 0 aromatic carbocycles. The van der Waals surface area contributed by atoms with E-state index in [0.29, 0.717) is 3.57 Å². The van der Waals surface area contributed by atoms with Gasteiger partial charge in [-0.05, 0) is 22.6 Å². The summed E-state index contributed by atoms with van der Waals surface area (Å²) in [4.78, 5) is 28.6. The van der Waals surface area contributed by atoms with Crippen LogP contribution in [0.15, 0.2) is 11.1 Å². The van der Waals surface area contributed by atoms with E-state index in [-0.39, 0.29) is 11.4 Å². The van der Waals surface area contributed by atoms with Gasteiger partial charge in [-0.3, -0.25) is 4.79 Å². The Morgan fingerprint density at radius 3 is 3.06 bits per heavy atom. The Hall–Kier alpha value is -1.16. The normalized spacial score (nSPS) is 11.9. The minimum absolute atomic E-state index is 0.230. The Labute approximate surface area is 104 Å². The van der Waals surface area contributed by atoms with Gasteiger partial charge in [0, 0.05) is 0 Å². The van der Waals surface area contributed by atoms with Crippen LogP contribution in [0.5, 0.6) is 0 Å². The van der Waals surface area contributed by atoms with Crippen molar-refractivity contribution >= 4 is 34.4 Å². The number of nitrogens with one attached hydrogen (secondary N) is 2. The van der Waals surface area contributed by atoms with E-state index in [2.05, 4.69) is 20.0 Å². The highest BCUT2D eigenvalue weighted by molar-refractivity contribution is 14.1. The molecule has 88 valence electrons.